The van der Waals surface area contributed by atoms with E-state index in [9.17, 15) is 13.6 Å². The molecule has 0 aliphatic heterocycles. The molecule has 0 saturated heterocycles. The summed E-state index contributed by atoms with van der Waals surface area (Å²) in [5.74, 6) is -2.02. The molecule has 19 heavy (non-hydrogen) atoms. The highest BCUT2D eigenvalue weighted by atomic mass is 79.9. The van der Waals surface area contributed by atoms with E-state index in [4.69, 9.17) is 5.73 Å². The van der Waals surface area contributed by atoms with Crippen LogP contribution >= 0.6 is 15.9 Å². The summed E-state index contributed by atoms with van der Waals surface area (Å²) in [5.41, 5.74) is 6.72. The van der Waals surface area contributed by atoms with E-state index in [-0.39, 0.29) is 10.0 Å². The van der Waals surface area contributed by atoms with Gasteiger partial charge in [-0.2, -0.15) is 0 Å². The zero-order valence-corrected chi connectivity index (χ0v) is 11.6. The first-order valence-corrected chi connectivity index (χ1v) is 6.25. The second-order valence-corrected chi connectivity index (χ2v) is 5.00. The SMILES string of the molecule is Cc1cc(N)ccc1C(=O)c1cc(F)c(Br)cc1F. The van der Waals surface area contributed by atoms with Gasteiger partial charge in [0.1, 0.15) is 11.6 Å². The van der Waals surface area contributed by atoms with Gasteiger partial charge in [0.15, 0.2) is 5.78 Å². The predicted octanol–water partition coefficient (Wildman–Crippen LogP) is 3.85. The standard InChI is InChI=1S/C14H10BrF2NO/c1-7-4-8(18)2-3-9(7)14(19)10-5-13(17)11(15)6-12(10)16/h2-6H,18H2,1H3. The number of aryl methyl sites for hydroxylation is 1. The molecule has 0 heterocycles. The molecular formula is C14H10BrF2NO. The van der Waals surface area contributed by atoms with Crippen molar-refractivity contribution in [1.29, 1.82) is 0 Å². The number of hydrogen-bond donors (Lipinski definition) is 1. The lowest BCUT2D eigenvalue weighted by Crippen LogP contribution is -2.07. The van der Waals surface area contributed by atoms with Crippen molar-refractivity contribution in [1.82, 2.24) is 0 Å². The number of carbonyl (C=O) groups excluding carboxylic acids is 1. The van der Waals surface area contributed by atoms with E-state index in [0.717, 1.165) is 12.1 Å². The lowest BCUT2D eigenvalue weighted by atomic mass is 9.98. The fourth-order valence-electron chi connectivity index (χ4n) is 1.78. The quantitative estimate of drug-likeness (QED) is 0.517. The molecule has 0 aliphatic rings. The monoisotopic (exact) mass is 325 g/mol. The lowest BCUT2D eigenvalue weighted by molar-refractivity contribution is 0.103. The molecule has 2 aromatic carbocycles. The summed E-state index contributed by atoms with van der Waals surface area (Å²) in [6.45, 7) is 1.69. The van der Waals surface area contributed by atoms with Crippen LogP contribution in [0, 0.1) is 18.6 Å². The van der Waals surface area contributed by atoms with E-state index in [1.165, 1.54) is 6.07 Å². The van der Waals surface area contributed by atoms with Crippen molar-refractivity contribution in [2.45, 2.75) is 6.92 Å². The van der Waals surface area contributed by atoms with Crippen LogP contribution in [0.4, 0.5) is 14.5 Å². The Labute approximate surface area is 117 Å². The summed E-state index contributed by atoms with van der Waals surface area (Å²) in [7, 11) is 0. The number of ketones is 1. The fourth-order valence-corrected chi connectivity index (χ4v) is 2.10. The Bertz CT molecular complexity index is 671. The molecule has 0 aliphatic carbocycles. The Hall–Kier alpha value is -1.75. The zero-order chi connectivity index (χ0) is 14.2. The highest BCUT2D eigenvalue weighted by Gasteiger charge is 2.18. The van der Waals surface area contributed by atoms with E-state index < -0.39 is 17.4 Å². The lowest BCUT2D eigenvalue weighted by Gasteiger charge is -2.08. The van der Waals surface area contributed by atoms with Crippen molar-refractivity contribution in [3.8, 4) is 0 Å². The third-order valence-electron chi connectivity index (χ3n) is 2.75. The molecule has 5 heteroatoms. The Morgan fingerprint density at radius 2 is 1.79 bits per heavy atom. The number of carbonyl (C=O) groups is 1. The van der Waals surface area contributed by atoms with Crippen LogP contribution in [-0.4, -0.2) is 5.78 Å². The van der Waals surface area contributed by atoms with E-state index in [2.05, 4.69) is 15.9 Å². The normalized spacial score (nSPS) is 10.5. The number of nitrogen functional groups attached to an aromatic ring is 1. The molecule has 0 spiro atoms. The molecule has 0 fully saturated rings. The van der Waals surface area contributed by atoms with Crippen molar-refractivity contribution in [2.75, 3.05) is 5.73 Å². The summed E-state index contributed by atoms with van der Waals surface area (Å²) in [5, 5.41) is 0. The second-order valence-electron chi connectivity index (χ2n) is 4.15. The Morgan fingerprint density at radius 1 is 1.11 bits per heavy atom. The number of halogens is 3. The number of rotatable bonds is 2. The molecule has 2 aromatic rings. The smallest absolute Gasteiger partial charge is 0.196 e. The molecule has 0 unspecified atom stereocenters. The van der Waals surface area contributed by atoms with Crippen LogP contribution in [0.3, 0.4) is 0 Å². The number of anilines is 1. The van der Waals surface area contributed by atoms with Crippen LogP contribution in [0.1, 0.15) is 21.5 Å². The summed E-state index contributed by atoms with van der Waals surface area (Å²) in [6.07, 6.45) is 0. The molecule has 0 saturated carbocycles. The maximum Gasteiger partial charge on any atom is 0.196 e. The molecule has 0 radical (unpaired) electrons. The van der Waals surface area contributed by atoms with Crippen LogP contribution in [0.15, 0.2) is 34.8 Å². The highest BCUT2D eigenvalue weighted by molar-refractivity contribution is 9.10. The van der Waals surface area contributed by atoms with Gasteiger partial charge in [0.05, 0.1) is 10.0 Å². The molecule has 98 valence electrons. The van der Waals surface area contributed by atoms with Crippen LogP contribution in [0.5, 0.6) is 0 Å². The maximum absolute atomic E-state index is 13.7. The largest absolute Gasteiger partial charge is 0.399 e. The van der Waals surface area contributed by atoms with Gasteiger partial charge in [-0.1, -0.05) is 0 Å². The minimum atomic E-state index is -0.769. The minimum Gasteiger partial charge on any atom is -0.399 e. The second kappa shape index (κ2) is 5.09. The summed E-state index contributed by atoms with van der Waals surface area (Å²) in [6, 6.07) is 6.49. The maximum atomic E-state index is 13.7. The van der Waals surface area contributed by atoms with Crippen molar-refractivity contribution in [2.24, 2.45) is 0 Å². The van der Waals surface area contributed by atoms with E-state index in [1.807, 2.05) is 0 Å². The van der Waals surface area contributed by atoms with Gasteiger partial charge in [0.25, 0.3) is 0 Å². The fraction of sp³-hybridized carbons (Fsp3) is 0.0714. The highest BCUT2D eigenvalue weighted by Crippen LogP contribution is 2.23. The van der Waals surface area contributed by atoms with E-state index in [0.29, 0.717) is 16.8 Å². The van der Waals surface area contributed by atoms with Crippen molar-refractivity contribution in [3.05, 3.63) is 63.1 Å². The third-order valence-corrected chi connectivity index (χ3v) is 3.36. The van der Waals surface area contributed by atoms with Gasteiger partial charge in [-0.3, -0.25) is 4.79 Å². The van der Waals surface area contributed by atoms with Crippen LogP contribution in [0.25, 0.3) is 0 Å². The van der Waals surface area contributed by atoms with Gasteiger partial charge in [-0.15, -0.1) is 0 Å². The van der Waals surface area contributed by atoms with E-state index >= 15 is 0 Å². The Kier molecular flexibility index (Phi) is 3.66. The molecule has 2 N–H and O–H groups in total. The molecule has 0 bridgehead atoms. The summed E-state index contributed by atoms with van der Waals surface area (Å²) in [4.78, 5) is 12.2. The first-order valence-electron chi connectivity index (χ1n) is 5.45. The van der Waals surface area contributed by atoms with Gasteiger partial charge < -0.3 is 5.73 Å². The molecule has 0 atom stereocenters. The minimum absolute atomic E-state index is 0.0180. The van der Waals surface area contributed by atoms with Gasteiger partial charge in [-0.25, -0.2) is 8.78 Å². The van der Waals surface area contributed by atoms with Crippen molar-refractivity contribution < 1.29 is 13.6 Å². The molecular weight excluding hydrogens is 316 g/mol. The predicted molar refractivity (Wildman–Crippen MR) is 73.1 cm³/mol. The number of nitrogens with two attached hydrogens (primary N) is 1. The van der Waals surface area contributed by atoms with Crippen LogP contribution < -0.4 is 5.73 Å². The first kappa shape index (κ1) is 13.7. The Balaban J connectivity index is 2.53. The van der Waals surface area contributed by atoms with Gasteiger partial charge in [-0.05, 0) is 58.7 Å². The molecule has 2 rings (SSSR count). The number of hydrogen-bond acceptors (Lipinski definition) is 2. The molecule has 0 amide bonds. The topological polar surface area (TPSA) is 43.1 Å². The Morgan fingerprint density at radius 3 is 2.42 bits per heavy atom. The number of benzene rings is 2. The molecule has 2 nitrogen and oxygen atoms in total. The first-order chi connectivity index (χ1) is 8.90. The van der Waals surface area contributed by atoms with Crippen molar-refractivity contribution in [3.63, 3.8) is 0 Å². The third kappa shape index (κ3) is 2.66. The van der Waals surface area contributed by atoms with E-state index in [1.54, 1.807) is 19.1 Å². The van der Waals surface area contributed by atoms with Gasteiger partial charge in [0.2, 0.25) is 0 Å². The van der Waals surface area contributed by atoms with Crippen molar-refractivity contribution >= 4 is 27.4 Å². The van der Waals surface area contributed by atoms with Gasteiger partial charge >= 0.3 is 0 Å². The average Bonchev–Trinajstić information content (AvgIpc) is 2.33. The van der Waals surface area contributed by atoms with Crippen LogP contribution in [-0.2, 0) is 0 Å². The summed E-state index contributed by atoms with van der Waals surface area (Å²) >= 11 is 2.87. The average molecular weight is 326 g/mol. The van der Waals surface area contributed by atoms with Gasteiger partial charge in [0, 0.05) is 11.3 Å². The van der Waals surface area contributed by atoms with Crippen LogP contribution in [0.2, 0.25) is 0 Å². The zero-order valence-electron chi connectivity index (χ0n) is 10.0. The molecule has 0 aromatic heterocycles. The summed E-state index contributed by atoms with van der Waals surface area (Å²) < 4.78 is 27.1.